The maximum atomic E-state index is 11.9. The Hall–Kier alpha value is -2.19. The SMILES string of the molecule is CC(NC(=O)c1ccc(Br)s1)C(=O)NNC(=O)c1ccccc1. The number of rotatable bonds is 4. The molecule has 1 unspecified atom stereocenters. The minimum absolute atomic E-state index is 0.349. The first-order valence-electron chi connectivity index (χ1n) is 6.69. The summed E-state index contributed by atoms with van der Waals surface area (Å²) in [5.74, 6) is -1.30. The van der Waals surface area contributed by atoms with Crippen LogP contribution in [0.1, 0.15) is 27.0 Å². The zero-order valence-corrected chi connectivity index (χ0v) is 14.5. The molecule has 0 aliphatic heterocycles. The molecular weight excluding hydrogens is 382 g/mol. The van der Waals surface area contributed by atoms with Gasteiger partial charge in [0.05, 0.1) is 8.66 Å². The summed E-state index contributed by atoms with van der Waals surface area (Å²) in [6, 6.07) is 11.1. The van der Waals surface area contributed by atoms with Crippen LogP contribution in [0.2, 0.25) is 0 Å². The normalized spacial score (nSPS) is 11.4. The molecule has 3 N–H and O–H groups in total. The maximum Gasteiger partial charge on any atom is 0.269 e. The first kappa shape index (κ1) is 17.2. The van der Waals surface area contributed by atoms with E-state index in [1.165, 1.54) is 18.3 Å². The number of amides is 3. The van der Waals surface area contributed by atoms with E-state index in [-0.39, 0.29) is 5.91 Å². The number of carbonyl (C=O) groups excluding carboxylic acids is 3. The van der Waals surface area contributed by atoms with Crippen molar-refractivity contribution in [1.82, 2.24) is 16.2 Å². The van der Waals surface area contributed by atoms with Gasteiger partial charge in [-0.25, -0.2) is 0 Å². The number of halogens is 1. The van der Waals surface area contributed by atoms with Gasteiger partial charge in [-0.1, -0.05) is 18.2 Å². The van der Waals surface area contributed by atoms with Crippen molar-refractivity contribution >= 4 is 45.0 Å². The van der Waals surface area contributed by atoms with Crippen LogP contribution in [0.4, 0.5) is 0 Å². The van der Waals surface area contributed by atoms with E-state index in [1.54, 1.807) is 42.5 Å². The Morgan fingerprint density at radius 2 is 1.70 bits per heavy atom. The minimum atomic E-state index is -0.792. The molecule has 0 saturated heterocycles. The van der Waals surface area contributed by atoms with Crippen LogP contribution < -0.4 is 16.2 Å². The summed E-state index contributed by atoms with van der Waals surface area (Å²) in [4.78, 5) is 36.1. The minimum Gasteiger partial charge on any atom is -0.340 e. The average molecular weight is 396 g/mol. The highest BCUT2D eigenvalue weighted by Gasteiger charge is 2.18. The van der Waals surface area contributed by atoms with Gasteiger partial charge in [0.25, 0.3) is 17.7 Å². The predicted molar refractivity (Wildman–Crippen MR) is 91.0 cm³/mol. The van der Waals surface area contributed by atoms with Crippen molar-refractivity contribution in [2.45, 2.75) is 13.0 Å². The van der Waals surface area contributed by atoms with E-state index in [9.17, 15) is 14.4 Å². The van der Waals surface area contributed by atoms with Gasteiger partial charge in [-0.3, -0.25) is 25.2 Å². The highest BCUT2D eigenvalue weighted by molar-refractivity contribution is 9.11. The molecule has 0 saturated carbocycles. The first-order valence-corrected chi connectivity index (χ1v) is 8.30. The zero-order valence-electron chi connectivity index (χ0n) is 12.1. The van der Waals surface area contributed by atoms with Crippen molar-refractivity contribution in [3.63, 3.8) is 0 Å². The number of benzene rings is 1. The third-order valence-electron chi connectivity index (χ3n) is 2.87. The molecule has 2 aromatic rings. The van der Waals surface area contributed by atoms with Gasteiger partial charge in [-0.05, 0) is 47.1 Å². The Morgan fingerprint density at radius 1 is 1.00 bits per heavy atom. The van der Waals surface area contributed by atoms with Crippen LogP contribution in [0.3, 0.4) is 0 Å². The lowest BCUT2D eigenvalue weighted by atomic mass is 10.2. The van der Waals surface area contributed by atoms with E-state index in [4.69, 9.17) is 0 Å². The van der Waals surface area contributed by atoms with Gasteiger partial charge in [0.1, 0.15) is 6.04 Å². The van der Waals surface area contributed by atoms with Crippen LogP contribution >= 0.6 is 27.3 Å². The number of hydrazine groups is 1. The molecule has 0 bridgehead atoms. The van der Waals surface area contributed by atoms with Gasteiger partial charge < -0.3 is 5.32 Å². The Morgan fingerprint density at radius 3 is 2.30 bits per heavy atom. The Kier molecular flexibility index (Phi) is 5.89. The van der Waals surface area contributed by atoms with Crippen molar-refractivity contribution < 1.29 is 14.4 Å². The van der Waals surface area contributed by atoms with E-state index < -0.39 is 17.9 Å². The lowest BCUT2D eigenvalue weighted by Gasteiger charge is -2.14. The van der Waals surface area contributed by atoms with Crippen molar-refractivity contribution in [2.24, 2.45) is 0 Å². The highest BCUT2D eigenvalue weighted by Crippen LogP contribution is 2.21. The summed E-state index contributed by atoms with van der Waals surface area (Å²) in [6.07, 6.45) is 0. The molecule has 1 atom stereocenters. The number of thiophene rings is 1. The van der Waals surface area contributed by atoms with E-state index in [2.05, 4.69) is 32.1 Å². The number of carbonyl (C=O) groups is 3. The monoisotopic (exact) mass is 395 g/mol. The molecule has 2 rings (SSSR count). The summed E-state index contributed by atoms with van der Waals surface area (Å²) in [6.45, 7) is 1.53. The second kappa shape index (κ2) is 7.89. The summed E-state index contributed by atoms with van der Waals surface area (Å²) < 4.78 is 0.829. The van der Waals surface area contributed by atoms with E-state index in [0.29, 0.717) is 10.4 Å². The Labute approximate surface area is 145 Å². The molecule has 1 aromatic heterocycles. The summed E-state index contributed by atoms with van der Waals surface area (Å²) >= 11 is 4.54. The Balaban J connectivity index is 1.83. The molecule has 0 aliphatic carbocycles. The fourth-order valence-electron chi connectivity index (χ4n) is 1.66. The van der Waals surface area contributed by atoms with Gasteiger partial charge in [-0.15, -0.1) is 11.3 Å². The molecule has 1 heterocycles. The molecule has 6 nitrogen and oxygen atoms in total. The largest absolute Gasteiger partial charge is 0.340 e. The second-order valence-electron chi connectivity index (χ2n) is 4.61. The molecule has 23 heavy (non-hydrogen) atoms. The van der Waals surface area contributed by atoms with E-state index in [0.717, 1.165) is 3.79 Å². The van der Waals surface area contributed by atoms with E-state index in [1.807, 2.05) is 0 Å². The number of nitrogens with one attached hydrogen (secondary N) is 3. The van der Waals surface area contributed by atoms with Crippen LogP contribution in [0.5, 0.6) is 0 Å². The highest BCUT2D eigenvalue weighted by atomic mass is 79.9. The molecule has 8 heteroatoms. The van der Waals surface area contributed by atoms with Crippen molar-refractivity contribution in [2.75, 3.05) is 0 Å². The number of hydrogen-bond acceptors (Lipinski definition) is 4. The van der Waals surface area contributed by atoms with Crippen LogP contribution in [-0.4, -0.2) is 23.8 Å². The molecular formula is C15H14BrN3O3S. The maximum absolute atomic E-state index is 11.9. The lowest BCUT2D eigenvalue weighted by molar-refractivity contribution is -0.123. The Bertz CT molecular complexity index is 718. The molecule has 0 aliphatic rings. The zero-order chi connectivity index (χ0) is 16.8. The van der Waals surface area contributed by atoms with Crippen LogP contribution in [0.25, 0.3) is 0 Å². The van der Waals surface area contributed by atoms with Crippen LogP contribution in [0, 0.1) is 0 Å². The van der Waals surface area contributed by atoms with Crippen molar-refractivity contribution in [1.29, 1.82) is 0 Å². The van der Waals surface area contributed by atoms with Gasteiger partial charge in [0.15, 0.2) is 0 Å². The average Bonchev–Trinajstić information content (AvgIpc) is 2.99. The molecule has 1 aromatic carbocycles. The van der Waals surface area contributed by atoms with Crippen LogP contribution in [0.15, 0.2) is 46.3 Å². The summed E-state index contributed by atoms with van der Waals surface area (Å²) in [5, 5.41) is 2.56. The van der Waals surface area contributed by atoms with Gasteiger partial charge in [0.2, 0.25) is 0 Å². The van der Waals surface area contributed by atoms with Crippen LogP contribution in [-0.2, 0) is 4.79 Å². The predicted octanol–water partition coefficient (Wildman–Crippen LogP) is 2.09. The fraction of sp³-hybridized carbons (Fsp3) is 0.133. The molecule has 3 amide bonds. The fourth-order valence-corrected chi connectivity index (χ4v) is 2.95. The standard InChI is InChI=1S/C15H14BrN3O3S/c1-9(17-15(22)11-7-8-12(16)23-11)13(20)18-19-14(21)10-5-3-2-4-6-10/h2-9H,1H3,(H,17,22)(H,18,20)(H,19,21). The smallest absolute Gasteiger partial charge is 0.269 e. The molecule has 0 fully saturated rings. The van der Waals surface area contributed by atoms with Crippen molar-refractivity contribution in [3.8, 4) is 0 Å². The molecule has 0 radical (unpaired) electrons. The summed E-state index contributed by atoms with van der Waals surface area (Å²) in [7, 11) is 0. The lowest BCUT2D eigenvalue weighted by Crippen LogP contribution is -2.51. The van der Waals surface area contributed by atoms with Gasteiger partial charge >= 0.3 is 0 Å². The molecule has 120 valence electrons. The molecule has 0 spiro atoms. The summed E-state index contributed by atoms with van der Waals surface area (Å²) in [5.41, 5.74) is 5.01. The third kappa shape index (κ3) is 4.90. The quantitative estimate of drug-likeness (QED) is 0.692. The first-order chi connectivity index (χ1) is 11.0. The third-order valence-corrected chi connectivity index (χ3v) is 4.50. The van der Waals surface area contributed by atoms with Gasteiger partial charge in [-0.2, -0.15) is 0 Å². The van der Waals surface area contributed by atoms with E-state index >= 15 is 0 Å². The number of hydrogen-bond donors (Lipinski definition) is 3. The second-order valence-corrected chi connectivity index (χ2v) is 7.07. The van der Waals surface area contributed by atoms with Gasteiger partial charge in [0, 0.05) is 5.56 Å². The van der Waals surface area contributed by atoms with Crippen molar-refractivity contribution in [3.05, 3.63) is 56.7 Å². The topological polar surface area (TPSA) is 87.3 Å².